The molecule has 1 aliphatic heterocycles. The number of aliphatic hydroxyl groups is 1. The van der Waals surface area contributed by atoms with E-state index < -0.39 is 0 Å². The summed E-state index contributed by atoms with van der Waals surface area (Å²) in [7, 11) is 0. The first-order chi connectivity index (χ1) is 10.1. The van der Waals surface area contributed by atoms with Gasteiger partial charge in [0.05, 0.1) is 6.10 Å². The van der Waals surface area contributed by atoms with Crippen molar-refractivity contribution in [3.63, 3.8) is 0 Å². The molecule has 0 amide bonds. The minimum Gasteiger partial charge on any atom is -0.393 e. The average molecular weight is 296 g/mol. The van der Waals surface area contributed by atoms with Crippen LogP contribution in [-0.2, 0) is 0 Å². The second kappa shape index (κ2) is 8.50. The molecule has 3 nitrogen and oxygen atoms in total. The molecule has 0 bridgehead atoms. The number of nitrogens with zero attached hydrogens (tertiary/aromatic N) is 1. The number of likely N-dealkylation sites (tertiary alicyclic amines) is 1. The smallest absolute Gasteiger partial charge is 0.0590 e. The molecule has 1 aliphatic carbocycles. The lowest BCUT2D eigenvalue weighted by molar-refractivity contribution is 0.0209. The standard InChI is InChI=1S/C18H36N2O/c1-4-6-15-7-8-17(19-5-2)16(11-15)13-20-10-9-18(21)14(3)12-20/h14-19,21H,4-13H2,1-3H3. The third-order valence-electron chi connectivity index (χ3n) is 5.69. The first kappa shape index (κ1) is 17.2. The molecule has 0 aromatic heterocycles. The van der Waals surface area contributed by atoms with Crippen molar-refractivity contribution in [3.05, 3.63) is 0 Å². The van der Waals surface area contributed by atoms with Gasteiger partial charge in [-0.05, 0) is 50.0 Å². The van der Waals surface area contributed by atoms with Crippen molar-refractivity contribution in [2.24, 2.45) is 17.8 Å². The molecular formula is C18H36N2O. The van der Waals surface area contributed by atoms with Crippen molar-refractivity contribution in [1.82, 2.24) is 10.2 Å². The van der Waals surface area contributed by atoms with Gasteiger partial charge in [-0.25, -0.2) is 0 Å². The summed E-state index contributed by atoms with van der Waals surface area (Å²) in [5.41, 5.74) is 0. The number of piperidine rings is 1. The van der Waals surface area contributed by atoms with Gasteiger partial charge in [0.2, 0.25) is 0 Å². The monoisotopic (exact) mass is 296 g/mol. The van der Waals surface area contributed by atoms with Crippen molar-refractivity contribution < 1.29 is 5.11 Å². The molecule has 5 unspecified atom stereocenters. The van der Waals surface area contributed by atoms with Gasteiger partial charge < -0.3 is 15.3 Å². The van der Waals surface area contributed by atoms with Crippen LogP contribution in [0.3, 0.4) is 0 Å². The minimum absolute atomic E-state index is 0.0787. The number of hydrogen-bond acceptors (Lipinski definition) is 3. The van der Waals surface area contributed by atoms with Gasteiger partial charge >= 0.3 is 0 Å². The Balaban J connectivity index is 1.89. The molecular weight excluding hydrogens is 260 g/mol. The highest BCUT2D eigenvalue weighted by molar-refractivity contribution is 4.88. The van der Waals surface area contributed by atoms with E-state index in [1.807, 2.05) is 0 Å². The van der Waals surface area contributed by atoms with E-state index in [1.54, 1.807) is 0 Å². The van der Waals surface area contributed by atoms with Crippen LogP contribution in [0.5, 0.6) is 0 Å². The summed E-state index contributed by atoms with van der Waals surface area (Å²) in [6, 6.07) is 0.713. The zero-order valence-electron chi connectivity index (χ0n) is 14.4. The summed E-state index contributed by atoms with van der Waals surface area (Å²) < 4.78 is 0. The van der Waals surface area contributed by atoms with Crippen LogP contribution in [0.1, 0.15) is 59.3 Å². The fourth-order valence-electron chi connectivity index (χ4n) is 4.48. The lowest BCUT2D eigenvalue weighted by Crippen LogP contribution is -2.49. The lowest BCUT2D eigenvalue weighted by atomic mass is 9.75. The number of hydrogen-bond donors (Lipinski definition) is 2. The van der Waals surface area contributed by atoms with E-state index in [-0.39, 0.29) is 6.10 Å². The van der Waals surface area contributed by atoms with Crippen molar-refractivity contribution in [1.29, 1.82) is 0 Å². The summed E-state index contributed by atoms with van der Waals surface area (Å²) in [5, 5.41) is 13.6. The normalized spacial score (nSPS) is 38.6. The van der Waals surface area contributed by atoms with E-state index in [1.165, 1.54) is 38.6 Å². The van der Waals surface area contributed by atoms with Gasteiger partial charge in [-0.2, -0.15) is 0 Å². The molecule has 3 heteroatoms. The Morgan fingerprint density at radius 1 is 1.19 bits per heavy atom. The van der Waals surface area contributed by atoms with Gasteiger partial charge in [-0.15, -0.1) is 0 Å². The Morgan fingerprint density at radius 2 is 2.00 bits per heavy atom. The predicted octanol–water partition coefficient (Wildman–Crippen LogP) is 2.88. The zero-order chi connectivity index (χ0) is 15.2. The summed E-state index contributed by atoms with van der Waals surface area (Å²) in [6.07, 6.45) is 7.79. The van der Waals surface area contributed by atoms with E-state index in [0.29, 0.717) is 12.0 Å². The summed E-state index contributed by atoms with van der Waals surface area (Å²) in [5.74, 6) is 2.19. The van der Waals surface area contributed by atoms with Crippen LogP contribution in [0.4, 0.5) is 0 Å². The molecule has 21 heavy (non-hydrogen) atoms. The summed E-state index contributed by atoms with van der Waals surface area (Å²) in [6.45, 7) is 11.2. The highest BCUT2D eigenvalue weighted by atomic mass is 16.3. The fourth-order valence-corrected chi connectivity index (χ4v) is 4.48. The van der Waals surface area contributed by atoms with Crippen molar-refractivity contribution in [2.75, 3.05) is 26.2 Å². The number of aliphatic hydroxyl groups excluding tert-OH is 1. The van der Waals surface area contributed by atoms with Gasteiger partial charge in [0.25, 0.3) is 0 Å². The van der Waals surface area contributed by atoms with Crippen LogP contribution in [0, 0.1) is 17.8 Å². The van der Waals surface area contributed by atoms with E-state index in [4.69, 9.17) is 0 Å². The van der Waals surface area contributed by atoms with Crippen molar-refractivity contribution >= 4 is 0 Å². The molecule has 0 radical (unpaired) electrons. The van der Waals surface area contributed by atoms with E-state index >= 15 is 0 Å². The Kier molecular flexibility index (Phi) is 6.97. The maximum Gasteiger partial charge on any atom is 0.0590 e. The van der Waals surface area contributed by atoms with Gasteiger partial charge in [-0.3, -0.25) is 0 Å². The Hall–Kier alpha value is -0.120. The third kappa shape index (κ3) is 4.94. The Bertz CT molecular complexity index is 297. The van der Waals surface area contributed by atoms with Crippen molar-refractivity contribution in [2.45, 2.75) is 71.4 Å². The first-order valence-electron chi connectivity index (χ1n) is 9.27. The highest BCUT2D eigenvalue weighted by Gasteiger charge is 2.32. The maximum absolute atomic E-state index is 9.91. The largest absolute Gasteiger partial charge is 0.393 e. The fraction of sp³-hybridized carbons (Fsp3) is 1.00. The van der Waals surface area contributed by atoms with Crippen LogP contribution in [0.25, 0.3) is 0 Å². The molecule has 1 saturated heterocycles. The molecule has 0 aromatic rings. The van der Waals surface area contributed by atoms with E-state index in [2.05, 4.69) is 31.0 Å². The molecule has 0 aromatic carbocycles. The van der Waals surface area contributed by atoms with Crippen molar-refractivity contribution in [3.8, 4) is 0 Å². The topological polar surface area (TPSA) is 35.5 Å². The van der Waals surface area contributed by atoms with Crippen LogP contribution < -0.4 is 5.32 Å². The Morgan fingerprint density at radius 3 is 2.67 bits per heavy atom. The highest BCUT2D eigenvalue weighted by Crippen LogP contribution is 2.33. The van der Waals surface area contributed by atoms with Gasteiger partial charge in [-0.1, -0.05) is 33.6 Å². The molecule has 2 fully saturated rings. The third-order valence-corrected chi connectivity index (χ3v) is 5.69. The second-order valence-electron chi connectivity index (χ2n) is 7.48. The quantitative estimate of drug-likeness (QED) is 0.791. The molecule has 1 heterocycles. The van der Waals surface area contributed by atoms with E-state index in [0.717, 1.165) is 37.9 Å². The molecule has 2 N–H and O–H groups in total. The molecule has 0 spiro atoms. The molecule has 124 valence electrons. The predicted molar refractivity (Wildman–Crippen MR) is 89.4 cm³/mol. The maximum atomic E-state index is 9.91. The SMILES string of the molecule is CCCC1CCC(NCC)C(CN2CCC(O)C(C)C2)C1. The zero-order valence-corrected chi connectivity index (χ0v) is 14.4. The van der Waals surface area contributed by atoms with Crippen LogP contribution in [-0.4, -0.2) is 48.3 Å². The van der Waals surface area contributed by atoms with Crippen LogP contribution >= 0.6 is 0 Å². The van der Waals surface area contributed by atoms with Gasteiger partial charge in [0.15, 0.2) is 0 Å². The second-order valence-corrected chi connectivity index (χ2v) is 7.48. The van der Waals surface area contributed by atoms with E-state index in [9.17, 15) is 5.11 Å². The number of rotatable bonds is 6. The summed E-state index contributed by atoms with van der Waals surface area (Å²) in [4.78, 5) is 2.61. The number of nitrogens with one attached hydrogen (secondary N) is 1. The van der Waals surface area contributed by atoms with Crippen LogP contribution in [0.2, 0.25) is 0 Å². The molecule has 2 rings (SSSR count). The minimum atomic E-state index is -0.0787. The molecule has 5 atom stereocenters. The lowest BCUT2D eigenvalue weighted by Gasteiger charge is -2.42. The van der Waals surface area contributed by atoms with Crippen LogP contribution in [0.15, 0.2) is 0 Å². The first-order valence-corrected chi connectivity index (χ1v) is 9.27. The Labute approximate surface area is 131 Å². The van der Waals surface area contributed by atoms with Gasteiger partial charge in [0.1, 0.15) is 0 Å². The summed E-state index contributed by atoms with van der Waals surface area (Å²) >= 11 is 0. The molecule has 2 aliphatic rings. The molecule has 1 saturated carbocycles. The van der Waals surface area contributed by atoms with Gasteiger partial charge in [0, 0.05) is 25.7 Å². The average Bonchev–Trinajstić information content (AvgIpc) is 2.46.